The molecule has 7 nitrogen and oxygen atoms in total. The Kier molecular flexibility index (Phi) is 10.3. The topological polar surface area (TPSA) is 74.2 Å². The molecule has 3 rings (SSSR count). The highest BCUT2D eigenvalue weighted by Gasteiger charge is 2.29. The number of aliphatic imine (C=N–C) groups is 1. The average Bonchev–Trinajstić information content (AvgIpc) is 2.74. The van der Waals surface area contributed by atoms with Gasteiger partial charge in [-0.2, -0.15) is 4.31 Å². The van der Waals surface area contributed by atoms with Crippen LogP contribution >= 0.6 is 24.0 Å². The normalized spacial score (nSPS) is 23.7. The Morgan fingerprint density at radius 1 is 1.20 bits per heavy atom. The van der Waals surface area contributed by atoms with Gasteiger partial charge in [0.2, 0.25) is 10.0 Å². The SMILES string of the molecule is CCNC(=NCCS(=O)(=O)N1CCOCC1)N1CCC(c2ccccc2)C(C)C1.I. The molecule has 2 fully saturated rings. The molecule has 2 heterocycles. The molecule has 0 saturated carbocycles. The molecule has 2 aliphatic heterocycles. The molecule has 2 aliphatic rings. The standard InChI is InChI=1S/C21H34N4O3S.HI/c1-3-22-21(23-10-16-29(26,27)25-12-14-28-15-13-25)24-11-9-20(18(2)17-24)19-7-5-4-6-8-19;/h4-8,18,20H,3,9-17H2,1-2H3,(H,22,23);1H. The molecule has 2 unspecified atom stereocenters. The van der Waals surface area contributed by atoms with Gasteiger partial charge >= 0.3 is 0 Å². The number of sulfonamides is 1. The van der Waals surface area contributed by atoms with Crippen LogP contribution in [0.1, 0.15) is 31.7 Å². The summed E-state index contributed by atoms with van der Waals surface area (Å²) in [5.41, 5.74) is 1.40. The summed E-state index contributed by atoms with van der Waals surface area (Å²) in [4.78, 5) is 6.92. The first-order valence-corrected chi connectivity index (χ1v) is 12.3. The zero-order chi connectivity index (χ0) is 20.7. The van der Waals surface area contributed by atoms with Crippen LogP contribution in [-0.4, -0.2) is 81.8 Å². The number of rotatable bonds is 6. The Hall–Kier alpha value is -0.910. The van der Waals surface area contributed by atoms with Crippen LogP contribution in [-0.2, 0) is 14.8 Å². The van der Waals surface area contributed by atoms with Gasteiger partial charge in [0.1, 0.15) is 0 Å². The summed E-state index contributed by atoms with van der Waals surface area (Å²) >= 11 is 0. The highest BCUT2D eigenvalue weighted by Crippen LogP contribution is 2.32. The van der Waals surface area contributed by atoms with Gasteiger partial charge in [-0.15, -0.1) is 24.0 Å². The van der Waals surface area contributed by atoms with E-state index in [9.17, 15) is 8.42 Å². The lowest BCUT2D eigenvalue weighted by Crippen LogP contribution is -2.48. The third kappa shape index (κ3) is 6.80. The Labute approximate surface area is 198 Å². The number of nitrogens with zero attached hydrogens (tertiary/aromatic N) is 3. The minimum absolute atomic E-state index is 0. The summed E-state index contributed by atoms with van der Waals surface area (Å²) in [7, 11) is -3.28. The van der Waals surface area contributed by atoms with E-state index in [4.69, 9.17) is 4.74 Å². The smallest absolute Gasteiger partial charge is 0.216 e. The molecule has 170 valence electrons. The van der Waals surface area contributed by atoms with E-state index < -0.39 is 10.0 Å². The number of ether oxygens (including phenoxy) is 1. The fourth-order valence-electron chi connectivity index (χ4n) is 4.18. The Morgan fingerprint density at radius 2 is 1.90 bits per heavy atom. The first-order valence-electron chi connectivity index (χ1n) is 10.6. The third-order valence-corrected chi connectivity index (χ3v) is 7.59. The third-order valence-electron chi connectivity index (χ3n) is 5.74. The summed E-state index contributed by atoms with van der Waals surface area (Å²) in [6.07, 6.45) is 1.07. The van der Waals surface area contributed by atoms with Crippen LogP contribution in [0, 0.1) is 5.92 Å². The number of hydrogen-bond donors (Lipinski definition) is 1. The van der Waals surface area contributed by atoms with E-state index in [1.165, 1.54) is 9.87 Å². The predicted molar refractivity (Wildman–Crippen MR) is 132 cm³/mol. The highest BCUT2D eigenvalue weighted by atomic mass is 127. The predicted octanol–water partition coefficient (Wildman–Crippen LogP) is 2.36. The van der Waals surface area contributed by atoms with E-state index in [2.05, 4.69) is 52.5 Å². The van der Waals surface area contributed by atoms with E-state index in [-0.39, 0.29) is 36.3 Å². The van der Waals surface area contributed by atoms with Gasteiger partial charge in [-0.25, -0.2) is 8.42 Å². The summed E-state index contributed by atoms with van der Waals surface area (Å²) in [6.45, 7) is 9.03. The molecule has 1 aromatic carbocycles. The summed E-state index contributed by atoms with van der Waals surface area (Å²) < 4.78 is 31.8. The molecule has 0 spiro atoms. The minimum Gasteiger partial charge on any atom is -0.379 e. The van der Waals surface area contributed by atoms with Gasteiger partial charge in [0.25, 0.3) is 0 Å². The zero-order valence-corrected chi connectivity index (χ0v) is 21.1. The number of halogens is 1. The number of likely N-dealkylation sites (tertiary alicyclic amines) is 1. The van der Waals surface area contributed by atoms with Crippen LogP contribution in [0.4, 0.5) is 0 Å². The second kappa shape index (κ2) is 12.2. The number of hydrogen-bond acceptors (Lipinski definition) is 4. The van der Waals surface area contributed by atoms with Gasteiger partial charge in [0, 0.05) is 32.7 Å². The Bertz CT molecular complexity index is 770. The molecule has 9 heteroatoms. The molecule has 1 aromatic rings. The van der Waals surface area contributed by atoms with Crippen LogP contribution in [0.2, 0.25) is 0 Å². The van der Waals surface area contributed by atoms with Crippen molar-refractivity contribution in [1.82, 2.24) is 14.5 Å². The van der Waals surface area contributed by atoms with Gasteiger partial charge in [0.05, 0.1) is 25.5 Å². The van der Waals surface area contributed by atoms with Crippen molar-refractivity contribution in [2.75, 3.05) is 58.2 Å². The van der Waals surface area contributed by atoms with Crippen molar-refractivity contribution in [3.05, 3.63) is 35.9 Å². The van der Waals surface area contributed by atoms with Crippen molar-refractivity contribution in [2.24, 2.45) is 10.9 Å². The van der Waals surface area contributed by atoms with Gasteiger partial charge in [-0.3, -0.25) is 4.99 Å². The monoisotopic (exact) mass is 550 g/mol. The van der Waals surface area contributed by atoms with Crippen molar-refractivity contribution >= 4 is 40.0 Å². The largest absolute Gasteiger partial charge is 0.379 e. The van der Waals surface area contributed by atoms with Crippen LogP contribution in [0.3, 0.4) is 0 Å². The van der Waals surface area contributed by atoms with Crippen molar-refractivity contribution in [3.8, 4) is 0 Å². The van der Waals surface area contributed by atoms with Gasteiger partial charge in [0.15, 0.2) is 5.96 Å². The fraction of sp³-hybridized carbons (Fsp3) is 0.667. The van der Waals surface area contributed by atoms with Gasteiger partial charge < -0.3 is 15.0 Å². The van der Waals surface area contributed by atoms with Gasteiger partial charge in [-0.05, 0) is 30.7 Å². The number of guanidine groups is 1. The average molecular weight is 551 g/mol. The zero-order valence-electron chi connectivity index (χ0n) is 18.0. The highest BCUT2D eigenvalue weighted by molar-refractivity contribution is 14.0. The molecule has 1 N–H and O–H groups in total. The van der Waals surface area contributed by atoms with E-state index in [0.29, 0.717) is 38.1 Å². The van der Waals surface area contributed by atoms with Crippen molar-refractivity contribution in [2.45, 2.75) is 26.2 Å². The maximum Gasteiger partial charge on any atom is 0.216 e. The second-order valence-corrected chi connectivity index (χ2v) is 9.88. The second-order valence-electron chi connectivity index (χ2n) is 7.79. The van der Waals surface area contributed by atoms with Crippen LogP contribution < -0.4 is 5.32 Å². The molecule has 0 bridgehead atoms. The van der Waals surface area contributed by atoms with Crippen LogP contribution in [0.5, 0.6) is 0 Å². The fourth-order valence-corrected chi connectivity index (χ4v) is 5.47. The van der Waals surface area contributed by atoms with Crippen molar-refractivity contribution in [3.63, 3.8) is 0 Å². The first kappa shape index (κ1) is 25.4. The molecule has 0 aromatic heterocycles. The molecular formula is C21H35IN4O3S. The molecule has 2 atom stereocenters. The van der Waals surface area contributed by atoms with Gasteiger partial charge in [-0.1, -0.05) is 37.3 Å². The lowest BCUT2D eigenvalue weighted by Gasteiger charge is -2.39. The maximum absolute atomic E-state index is 12.5. The number of nitrogens with one attached hydrogen (secondary N) is 1. The van der Waals surface area contributed by atoms with E-state index >= 15 is 0 Å². The Morgan fingerprint density at radius 3 is 2.53 bits per heavy atom. The molecule has 0 radical (unpaired) electrons. The number of morpholine rings is 1. The molecule has 0 amide bonds. The van der Waals surface area contributed by atoms with Crippen LogP contribution in [0.15, 0.2) is 35.3 Å². The first-order chi connectivity index (χ1) is 14.0. The van der Waals surface area contributed by atoms with E-state index in [1.54, 1.807) is 0 Å². The Balaban J connectivity index is 0.00000320. The summed E-state index contributed by atoms with van der Waals surface area (Å²) in [5.74, 6) is 1.92. The van der Waals surface area contributed by atoms with E-state index in [1.807, 2.05) is 6.92 Å². The van der Waals surface area contributed by atoms with Crippen molar-refractivity contribution < 1.29 is 13.2 Å². The molecular weight excluding hydrogens is 515 g/mol. The summed E-state index contributed by atoms with van der Waals surface area (Å²) in [6, 6.07) is 10.7. The van der Waals surface area contributed by atoms with Crippen molar-refractivity contribution in [1.29, 1.82) is 0 Å². The lowest BCUT2D eigenvalue weighted by atomic mass is 9.82. The lowest BCUT2D eigenvalue weighted by molar-refractivity contribution is 0.0731. The summed E-state index contributed by atoms with van der Waals surface area (Å²) in [5, 5.41) is 3.34. The maximum atomic E-state index is 12.5. The molecule has 2 saturated heterocycles. The quantitative estimate of drug-likeness (QED) is 0.335. The molecule has 30 heavy (non-hydrogen) atoms. The van der Waals surface area contributed by atoms with Crippen LogP contribution in [0.25, 0.3) is 0 Å². The number of piperidine rings is 1. The minimum atomic E-state index is -3.28. The molecule has 0 aliphatic carbocycles. The number of benzene rings is 1. The van der Waals surface area contributed by atoms with E-state index in [0.717, 1.165) is 32.0 Å².